The molecule has 0 saturated heterocycles. The molecule has 2 aromatic heterocycles. The molecule has 0 saturated carbocycles. The molecule has 0 aliphatic carbocycles. The first-order valence-corrected chi connectivity index (χ1v) is 11.9. The van der Waals surface area contributed by atoms with Gasteiger partial charge in [0.25, 0.3) is 0 Å². The number of rotatable bonds is 9. The zero-order valence-corrected chi connectivity index (χ0v) is 21.9. The summed E-state index contributed by atoms with van der Waals surface area (Å²) in [5.41, 5.74) is 3.29. The average Bonchev–Trinajstić information content (AvgIpc) is 3.15. The Kier molecular flexibility index (Phi) is 7.25. The minimum absolute atomic E-state index is 0.0119. The maximum absolute atomic E-state index is 12.1. The number of pyridine rings is 1. The van der Waals surface area contributed by atoms with E-state index < -0.39 is 0 Å². The quantitative estimate of drug-likeness (QED) is 0.228. The number of benzene rings is 1. The van der Waals surface area contributed by atoms with Crippen LogP contribution in [0.1, 0.15) is 19.5 Å². The third kappa shape index (κ3) is 5.61. The molecular formula is C26H33N9O2. The third-order valence-corrected chi connectivity index (χ3v) is 6.17. The molecule has 11 heteroatoms. The van der Waals surface area contributed by atoms with E-state index in [2.05, 4.69) is 55.9 Å². The molecule has 1 aliphatic rings. The molecule has 3 N–H and O–H groups in total. The number of hydrogen-bond acceptors (Lipinski definition) is 10. The highest BCUT2D eigenvalue weighted by Crippen LogP contribution is 2.42. The van der Waals surface area contributed by atoms with Gasteiger partial charge in [-0.05, 0) is 38.4 Å². The highest BCUT2D eigenvalue weighted by atomic mass is 16.3. The van der Waals surface area contributed by atoms with E-state index in [0.717, 1.165) is 17.9 Å². The summed E-state index contributed by atoms with van der Waals surface area (Å²) in [6.45, 7) is 9.96. The van der Waals surface area contributed by atoms with Crippen molar-refractivity contribution >= 4 is 40.6 Å². The van der Waals surface area contributed by atoms with E-state index in [1.165, 1.54) is 12.4 Å². The van der Waals surface area contributed by atoms with Gasteiger partial charge in [-0.3, -0.25) is 9.78 Å². The first-order chi connectivity index (χ1) is 17.6. The van der Waals surface area contributed by atoms with Crippen LogP contribution in [0.5, 0.6) is 5.75 Å². The molecule has 3 heterocycles. The van der Waals surface area contributed by atoms with Crippen molar-refractivity contribution < 1.29 is 9.90 Å². The number of amides is 1. The van der Waals surface area contributed by atoms with Crippen molar-refractivity contribution in [3.05, 3.63) is 55.1 Å². The van der Waals surface area contributed by atoms with Crippen molar-refractivity contribution in [3.8, 4) is 5.75 Å². The summed E-state index contributed by atoms with van der Waals surface area (Å²) < 4.78 is 0. The molecule has 0 radical (unpaired) electrons. The summed E-state index contributed by atoms with van der Waals surface area (Å²) in [4.78, 5) is 36.0. The number of fused-ring (bicyclic) bond motifs is 1. The Bertz CT molecular complexity index is 1310. The summed E-state index contributed by atoms with van der Waals surface area (Å²) in [6, 6.07) is 7.14. The Morgan fingerprint density at radius 3 is 2.70 bits per heavy atom. The monoisotopic (exact) mass is 503 g/mol. The molecule has 0 atom stereocenters. The van der Waals surface area contributed by atoms with Gasteiger partial charge in [-0.25, -0.2) is 9.97 Å². The van der Waals surface area contributed by atoms with Gasteiger partial charge in [0.1, 0.15) is 12.1 Å². The van der Waals surface area contributed by atoms with E-state index >= 15 is 0 Å². The van der Waals surface area contributed by atoms with Crippen molar-refractivity contribution in [3.63, 3.8) is 0 Å². The van der Waals surface area contributed by atoms with Crippen molar-refractivity contribution in [2.24, 2.45) is 0 Å². The molecule has 194 valence electrons. The number of phenols is 1. The minimum atomic E-state index is -0.356. The summed E-state index contributed by atoms with van der Waals surface area (Å²) in [6.07, 6.45) is 4.41. The van der Waals surface area contributed by atoms with Crippen LogP contribution >= 0.6 is 0 Å². The Morgan fingerprint density at radius 1 is 1.19 bits per heavy atom. The first kappa shape index (κ1) is 25.8. The van der Waals surface area contributed by atoms with Crippen LogP contribution in [0.25, 0.3) is 0 Å². The Balaban J connectivity index is 1.64. The second kappa shape index (κ2) is 10.4. The molecule has 0 spiro atoms. The normalized spacial score (nSPS) is 13.8. The summed E-state index contributed by atoms with van der Waals surface area (Å²) in [5.74, 6) is 0.356. The van der Waals surface area contributed by atoms with Crippen LogP contribution in [0.2, 0.25) is 0 Å². The van der Waals surface area contributed by atoms with E-state index in [0.29, 0.717) is 36.1 Å². The van der Waals surface area contributed by atoms with Gasteiger partial charge >= 0.3 is 0 Å². The number of anilines is 6. The number of aromatic nitrogens is 4. The molecule has 0 fully saturated rings. The number of phenolic OH excluding ortho intramolecular Hbond substituents is 1. The van der Waals surface area contributed by atoms with Crippen LogP contribution in [0.15, 0.2) is 49.4 Å². The standard InChI is InChI=1S/C26H33N9O2/c1-7-22(37)30-17-13-18(21(36)14-20(17)34(6)12-11-33(4)5)31-24-28-16-29-25(32-24)35-15-26(2,3)23-19(35)9-8-10-27-23/h7-10,13-14,16,36H,1,11-12,15H2,2-6H3,(H,30,37)(H,28,29,31,32). The zero-order valence-electron chi connectivity index (χ0n) is 21.9. The van der Waals surface area contributed by atoms with Crippen molar-refractivity contribution in [2.45, 2.75) is 19.3 Å². The maximum Gasteiger partial charge on any atom is 0.247 e. The summed E-state index contributed by atoms with van der Waals surface area (Å²) in [7, 11) is 5.87. The molecule has 0 bridgehead atoms. The SMILES string of the molecule is C=CC(=O)Nc1cc(Nc2ncnc(N3CC(C)(C)c4ncccc43)n2)c(O)cc1N(C)CCN(C)C. The number of aromatic hydroxyl groups is 1. The topological polar surface area (TPSA) is 123 Å². The molecule has 37 heavy (non-hydrogen) atoms. The van der Waals surface area contributed by atoms with Crippen LogP contribution < -0.4 is 20.4 Å². The highest BCUT2D eigenvalue weighted by Gasteiger charge is 2.38. The van der Waals surface area contributed by atoms with E-state index in [9.17, 15) is 9.90 Å². The summed E-state index contributed by atoms with van der Waals surface area (Å²) in [5, 5.41) is 16.7. The van der Waals surface area contributed by atoms with Crippen molar-refractivity contribution in [1.29, 1.82) is 0 Å². The van der Waals surface area contributed by atoms with E-state index in [1.54, 1.807) is 18.3 Å². The predicted octanol–water partition coefficient (Wildman–Crippen LogP) is 3.27. The lowest BCUT2D eigenvalue weighted by Gasteiger charge is -2.25. The largest absolute Gasteiger partial charge is 0.506 e. The zero-order chi connectivity index (χ0) is 26.7. The van der Waals surface area contributed by atoms with E-state index in [1.807, 2.05) is 43.1 Å². The lowest BCUT2D eigenvalue weighted by molar-refractivity contribution is -0.111. The molecule has 0 unspecified atom stereocenters. The molecule has 4 rings (SSSR count). The van der Waals surface area contributed by atoms with Gasteiger partial charge in [-0.15, -0.1) is 0 Å². The van der Waals surface area contributed by atoms with Crippen LogP contribution in [-0.4, -0.2) is 76.6 Å². The first-order valence-electron chi connectivity index (χ1n) is 11.9. The van der Waals surface area contributed by atoms with Gasteiger partial charge in [-0.2, -0.15) is 4.98 Å². The Labute approximate surface area is 216 Å². The highest BCUT2D eigenvalue weighted by molar-refractivity contribution is 6.02. The Morgan fingerprint density at radius 2 is 1.97 bits per heavy atom. The van der Waals surface area contributed by atoms with Gasteiger partial charge < -0.3 is 30.4 Å². The molecule has 1 amide bonds. The molecule has 3 aromatic rings. The average molecular weight is 504 g/mol. The molecule has 11 nitrogen and oxygen atoms in total. The minimum Gasteiger partial charge on any atom is -0.506 e. The molecule has 1 aromatic carbocycles. The number of carbonyl (C=O) groups excluding carboxylic acids is 1. The van der Waals surface area contributed by atoms with Crippen LogP contribution in [-0.2, 0) is 10.2 Å². The second-order valence-corrected chi connectivity index (χ2v) is 9.88. The van der Waals surface area contributed by atoms with Gasteiger partial charge in [0.2, 0.25) is 17.8 Å². The number of hydrogen-bond donors (Lipinski definition) is 3. The smallest absolute Gasteiger partial charge is 0.247 e. The van der Waals surface area contributed by atoms with E-state index in [-0.39, 0.29) is 23.0 Å². The predicted molar refractivity (Wildman–Crippen MR) is 146 cm³/mol. The van der Waals surface area contributed by atoms with Gasteiger partial charge in [0.05, 0.1) is 28.4 Å². The van der Waals surface area contributed by atoms with Crippen LogP contribution in [0, 0.1) is 0 Å². The number of likely N-dealkylation sites (N-methyl/N-ethyl adjacent to an activating group) is 2. The number of nitrogens with zero attached hydrogens (tertiary/aromatic N) is 7. The summed E-state index contributed by atoms with van der Waals surface area (Å²) >= 11 is 0. The fourth-order valence-corrected chi connectivity index (χ4v) is 4.22. The Hall–Kier alpha value is -4.25. The fourth-order valence-electron chi connectivity index (χ4n) is 4.22. The number of nitrogens with one attached hydrogen (secondary N) is 2. The van der Waals surface area contributed by atoms with Gasteiger partial charge in [-0.1, -0.05) is 20.4 Å². The van der Waals surface area contributed by atoms with Crippen LogP contribution in [0.3, 0.4) is 0 Å². The van der Waals surface area contributed by atoms with Gasteiger partial charge in [0.15, 0.2) is 0 Å². The van der Waals surface area contributed by atoms with Gasteiger partial charge in [0, 0.05) is 44.4 Å². The number of carbonyl (C=O) groups is 1. The molecular weight excluding hydrogens is 470 g/mol. The second-order valence-electron chi connectivity index (χ2n) is 9.88. The fraction of sp³-hybridized carbons (Fsp3) is 0.346. The lowest BCUT2D eigenvalue weighted by atomic mass is 9.91. The van der Waals surface area contributed by atoms with Crippen molar-refractivity contribution in [1.82, 2.24) is 24.8 Å². The third-order valence-electron chi connectivity index (χ3n) is 6.17. The van der Waals surface area contributed by atoms with Crippen molar-refractivity contribution in [2.75, 3.05) is 61.2 Å². The lowest BCUT2D eigenvalue weighted by Crippen LogP contribution is -2.29. The maximum atomic E-state index is 12.1. The van der Waals surface area contributed by atoms with E-state index in [4.69, 9.17) is 0 Å². The van der Waals surface area contributed by atoms with Crippen LogP contribution in [0.4, 0.5) is 34.6 Å². The molecule has 1 aliphatic heterocycles.